The van der Waals surface area contributed by atoms with Gasteiger partial charge in [-0.25, -0.2) is 0 Å². The molecule has 0 aromatic heterocycles. The third-order valence-corrected chi connectivity index (χ3v) is 4.19. The Labute approximate surface area is 125 Å². The van der Waals surface area contributed by atoms with E-state index in [1.54, 1.807) is 0 Å². The summed E-state index contributed by atoms with van der Waals surface area (Å²) in [5.74, 6) is -1.05. The molecule has 21 heavy (non-hydrogen) atoms. The zero-order chi connectivity index (χ0) is 15.3. The van der Waals surface area contributed by atoms with Gasteiger partial charge in [0.1, 0.15) is 5.92 Å². The fourth-order valence-electron chi connectivity index (χ4n) is 2.99. The third-order valence-electron chi connectivity index (χ3n) is 4.19. The monoisotopic (exact) mass is 289 g/mol. The summed E-state index contributed by atoms with van der Waals surface area (Å²) in [5, 5.41) is 15.1. The minimum atomic E-state index is -0.755. The molecule has 0 bridgehead atoms. The van der Waals surface area contributed by atoms with Gasteiger partial charge in [-0.1, -0.05) is 54.8 Å². The van der Waals surface area contributed by atoms with Crippen LogP contribution >= 0.6 is 0 Å². The molecule has 0 heterocycles. The summed E-state index contributed by atoms with van der Waals surface area (Å²) in [6.07, 6.45) is 5.40. The van der Waals surface area contributed by atoms with Crippen LogP contribution in [-0.2, 0) is 4.79 Å². The van der Waals surface area contributed by atoms with E-state index in [-0.39, 0.29) is 17.3 Å². The van der Waals surface area contributed by atoms with E-state index < -0.39 is 5.92 Å². The van der Waals surface area contributed by atoms with Crippen molar-refractivity contribution in [2.45, 2.75) is 50.5 Å². The maximum Gasteiger partial charge on any atom is 0.235 e. The average molecular weight is 289 g/mol. The first-order chi connectivity index (χ1) is 10.1. The summed E-state index contributed by atoms with van der Waals surface area (Å²) in [6, 6.07) is 9.16. The molecular formula is C16H23N3O2. The van der Waals surface area contributed by atoms with Gasteiger partial charge in [0.2, 0.25) is 5.91 Å². The first kappa shape index (κ1) is 15.4. The molecule has 2 rings (SSSR count). The maximum atomic E-state index is 12.6. The van der Waals surface area contributed by atoms with E-state index in [9.17, 15) is 4.79 Å². The van der Waals surface area contributed by atoms with E-state index in [2.05, 4.69) is 17.4 Å². The number of benzene rings is 1. The van der Waals surface area contributed by atoms with Gasteiger partial charge in [-0.3, -0.25) is 4.79 Å². The Kier molecular flexibility index (Phi) is 4.83. The molecule has 0 saturated heterocycles. The summed E-state index contributed by atoms with van der Waals surface area (Å²) >= 11 is 0. The highest BCUT2D eigenvalue weighted by Crippen LogP contribution is 2.28. The first-order valence-corrected chi connectivity index (χ1v) is 7.40. The van der Waals surface area contributed by atoms with Gasteiger partial charge in [-0.05, 0) is 25.3 Å². The number of hydrogen-bond acceptors (Lipinski definition) is 3. The fourth-order valence-corrected chi connectivity index (χ4v) is 2.99. The number of carbonyl (C=O) groups excluding carboxylic acids is 1. The number of carbonyl (C=O) groups is 1. The lowest BCUT2D eigenvalue weighted by atomic mass is 9.82. The zero-order valence-electron chi connectivity index (χ0n) is 12.4. The molecule has 0 aliphatic heterocycles. The molecule has 0 radical (unpaired) electrons. The van der Waals surface area contributed by atoms with Crippen LogP contribution < -0.4 is 11.1 Å². The van der Waals surface area contributed by atoms with Crippen molar-refractivity contribution in [2.75, 3.05) is 0 Å². The second-order valence-electron chi connectivity index (χ2n) is 5.98. The number of amidine groups is 1. The average Bonchev–Trinajstić information content (AvgIpc) is 2.48. The lowest BCUT2D eigenvalue weighted by Crippen LogP contribution is -2.50. The Morgan fingerprint density at radius 2 is 1.90 bits per heavy atom. The second-order valence-corrected chi connectivity index (χ2v) is 5.98. The standard InChI is InChI=1S/C16H23N3O2/c1-16(10-6-3-7-11-16)18-15(20)13(14(17)19-21)12-8-4-2-5-9-12/h2,4-5,8-9,13,21H,3,6-7,10-11H2,1H3,(H2,17,19)(H,18,20). The summed E-state index contributed by atoms with van der Waals surface area (Å²) in [7, 11) is 0. The number of nitrogens with one attached hydrogen (secondary N) is 1. The minimum Gasteiger partial charge on any atom is -0.409 e. The van der Waals surface area contributed by atoms with Crippen molar-refractivity contribution >= 4 is 11.7 Å². The van der Waals surface area contributed by atoms with Crippen LogP contribution in [-0.4, -0.2) is 22.5 Å². The third kappa shape index (κ3) is 3.74. The van der Waals surface area contributed by atoms with Crippen molar-refractivity contribution in [1.29, 1.82) is 0 Å². The van der Waals surface area contributed by atoms with Crippen LogP contribution in [0.15, 0.2) is 35.5 Å². The molecule has 1 aromatic carbocycles. The maximum absolute atomic E-state index is 12.6. The molecule has 1 fully saturated rings. The highest BCUT2D eigenvalue weighted by molar-refractivity contribution is 6.07. The summed E-state index contributed by atoms with van der Waals surface area (Å²) < 4.78 is 0. The molecule has 1 atom stereocenters. The molecule has 1 aliphatic carbocycles. The summed E-state index contributed by atoms with van der Waals surface area (Å²) in [4.78, 5) is 12.6. The van der Waals surface area contributed by atoms with Crippen molar-refractivity contribution in [2.24, 2.45) is 10.9 Å². The number of nitrogens with two attached hydrogens (primary N) is 1. The van der Waals surface area contributed by atoms with E-state index in [0.29, 0.717) is 0 Å². The summed E-state index contributed by atoms with van der Waals surface area (Å²) in [6.45, 7) is 2.07. The first-order valence-electron chi connectivity index (χ1n) is 7.40. The van der Waals surface area contributed by atoms with Crippen molar-refractivity contribution < 1.29 is 10.0 Å². The molecule has 1 aliphatic rings. The smallest absolute Gasteiger partial charge is 0.235 e. The van der Waals surface area contributed by atoms with Crippen LogP contribution in [0.4, 0.5) is 0 Å². The Balaban J connectivity index is 2.19. The topological polar surface area (TPSA) is 87.7 Å². The van der Waals surface area contributed by atoms with Gasteiger partial charge in [0.15, 0.2) is 5.84 Å². The van der Waals surface area contributed by atoms with Crippen LogP contribution in [0, 0.1) is 0 Å². The molecule has 0 spiro atoms. The molecule has 5 nitrogen and oxygen atoms in total. The van der Waals surface area contributed by atoms with Gasteiger partial charge >= 0.3 is 0 Å². The highest BCUT2D eigenvalue weighted by atomic mass is 16.4. The predicted octanol–water partition coefficient (Wildman–Crippen LogP) is 2.36. The Morgan fingerprint density at radius 3 is 2.48 bits per heavy atom. The number of nitrogens with zero attached hydrogens (tertiary/aromatic N) is 1. The molecule has 1 saturated carbocycles. The lowest BCUT2D eigenvalue weighted by molar-refractivity contribution is -0.123. The van der Waals surface area contributed by atoms with E-state index in [1.807, 2.05) is 30.3 Å². The van der Waals surface area contributed by atoms with Gasteiger partial charge in [-0.2, -0.15) is 0 Å². The van der Waals surface area contributed by atoms with Crippen molar-refractivity contribution in [3.8, 4) is 0 Å². The van der Waals surface area contributed by atoms with Gasteiger partial charge in [0.05, 0.1) is 0 Å². The van der Waals surface area contributed by atoms with Crippen molar-refractivity contribution in [3.05, 3.63) is 35.9 Å². The Bertz CT molecular complexity index is 508. The molecule has 1 unspecified atom stereocenters. The molecule has 1 aromatic rings. The molecule has 1 amide bonds. The molecular weight excluding hydrogens is 266 g/mol. The van der Waals surface area contributed by atoms with Crippen LogP contribution in [0.5, 0.6) is 0 Å². The van der Waals surface area contributed by atoms with Gasteiger partial charge in [0, 0.05) is 5.54 Å². The zero-order valence-corrected chi connectivity index (χ0v) is 12.4. The highest BCUT2D eigenvalue weighted by Gasteiger charge is 2.33. The second kappa shape index (κ2) is 6.61. The largest absolute Gasteiger partial charge is 0.409 e. The fraction of sp³-hybridized carbons (Fsp3) is 0.500. The molecule has 4 N–H and O–H groups in total. The van der Waals surface area contributed by atoms with Crippen molar-refractivity contribution in [3.63, 3.8) is 0 Å². The van der Waals surface area contributed by atoms with Crippen molar-refractivity contribution in [1.82, 2.24) is 5.32 Å². The van der Waals surface area contributed by atoms with Gasteiger partial charge < -0.3 is 16.3 Å². The predicted molar refractivity (Wildman–Crippen MR) is 82.2 cm³/mol. The van der Waals surface area contributed by atoms with Crippen LogP contribution in [0.2, 0.25) is 0 Å². The Morgan fingerprint density at radius 1 is 1.29 bits per heavy atom. The number of amides is 1. The molecule has 5 heteroatoms. The van der Waals surface area contributed by atoms with Crippen LogP contribution in [0.1, 0.15) is 50.5 Å². The minimum absolute atomic E-state index is 0.0851. The van der Waals surface area contributed by atoms with Crippen LogP contribution in [0.3, 0.4) is 0 Å². The number of oxime groups is 1. The van der Waals surface area contributed by atoms with E-state index in [0.717, 1.165) is 31.2 Å². The van der Waals surface area contributed by atoms with E-state index >= 15 is 0 Å². The summed E-state index contributed by atoms with van der Waals surface area (Å²) in [5.41, 5.74) is 6.27. The quantitative estimate of drug-likeness (QED) is 0.344. The molecule has 114 valence electrons. The van der Waals surface area contributed by atoms with Crippen LogP contribution in [0.25, 0.3) is 0 Å². The normalized spacial score (nSPS) is 19.8. The van der Waals surface area contributed by atoms with Gasteiger partial charge in [-0.15, -0.1) is 0 Å². The Hall–Kier alpha value is -2.04. The number of hydrogen-bond donors (Lipinski definition) is 3. The van der Waals surface area contributed by atoms with Gasteiger partial charge in [0.25, 0.3) is 0 Å². The number of rotatable bonds is 4. The van der Waals surface area contributed by atoms with E-state index in [4.69, 9.17) is 10.9 Å². The van der Waals surface area contributed by atoms with E-state index in [1.165, 1.54) is 6.42 Å². The SMILES string of the molecule is CC1(NC(=O)C(C(N)=NO)c2ccccc2)CCCCC1. The lowest BCUT2D eigenvalue weighted by Gasteiger charge is -2.35.